The Balaban J connectivity index is 2.46. The zero-order valence-electron chi connectivity index (χ0n) is 9.38. The van der Waals surface area contributed by atoms with Crippen molar-refractivity contribution in [3.05, 3.63) is 34.1 Å². The van der Waals surface area contributed by atoms with Gasteiger partial charge < -0.3 is 10.0 Å². The molecule has 96 valence electrons. The Hall–Kier alpha value is -2.18. The molecule has 1 N–H and O–H groups in total. The molecule has 6 nitrogen and oxygen atoms in total. The summed E-state index contributed by atoms with van der Waals surface area (Å²) in [7, 11) is 0. The normalized spacial score (nSPS) is 18.9. The number of benzene rings is 1. The number of halogens is 1. The maximum Gasteiger partial charge on any atom is 0.326 e. The fourth-order valence-electron chi connectivity index (χ4n) is 2.19. The Labute approximate surface area is 102 Å². The van der Waals surface area contributed by atoms with Crippen LogP contribution in [0.4, 0.5) is 15.8 Å². The topological polar surface area (TPSA) is 83.7 Å². The van der Waals surface area contributed by atoms with Crippen LogP contribution in [0.3, 0.4) is 0 Å². The van der Waals surface area contributed by atoms with Crippen molar-refractivity contribution in [2.45, 2.75) is 18.9 Å². The number of hydrogen-bond donors (Lipinski definition) is 1. The summed E-state index contributed by atoms with van der Waals surface area (Å²) >= 11 is 0. The summed E-state index contributed by atoms with van der Waals surface area (Å²) in [6, 6.07) is 2.24. The summed E-state index contributed by atoms with van der Waals surface area (Å²) in [6.07, 6.45) is 1.02. The van der Waals surface area contributed by atoms with E-state index in [-0.39, 0.29) is 11.4 Å². The first-order chi connectivity index (χ1) is 8.50. The lowest BCUT2D eigenvalue weighted by Gasteiger charge is -2.23. The van der Waals surface area contributed by atoms with Crippen LogP contribution in [0.15, 0.2) is 18.2 Å². The maximum absolute atomic E-state index is 13.2. The lowest BCUT2D eigenvalue weighted by Crippen LogP contribution is -2.36. The summed E-state index contributed by atoms with van der Waals surface area (Å²) in [5, 5.41) is 19.9. The minimum atomic E-state index is -1.05. The van der Waals surface area contributed by atoms with E-state index in [2.05, 4.69) is 0 Å². The molecule has 1 aliphatic heterocycles. The molecular weight excluding hydrogens is 243 g/mol. The number of carboxylic acid groups (broad SMARTS) is 1. The Morgan fingerprint density at radius 2 is 2.28 bits per heavy atom. The second-order valence-corrected chi connectivity index (χ2v) is 4.08. The van der Waals surface area contributed by atoms with Crippen LogP contribution in [0.25, 0.3) is 0 Å². The molecule has 7 heteroatoms. The van der Waals surface area contributed by atoms with E-state index in [4.69, 9.17) is 5.11 Å². The van der Waals surface area contributed by atoms with Gasteiger partial charge in [0.2, 0.25) is 0 Å². The minimum Gasteiger partial charge on any atom is -0.480 e. The number of carboxylic acids is 1. The lowest BCUT2D eigenvalue weighted by molar-refractivity contribution is -0.384. The second-order valence-electron chi connectivity index (χ2n) is 4.08. The molecule has 0 aliphatic carbocycles. The van der Waals surface area contributed by atoms with E-state index in [9.17, 15) is 19.3 Å². The van der Waals surface area contributed by atoms with Crippen molar-refractivity contribution in [1.82, 2.24) is 0 Å². The molecule has 0 spiro atoms. The van der Waals surface area contributed by atoms with E-state index < -0.39 is 22.8 Å². The number of nitro groups is 1. The summed E-state index contributed by atoms with van der Waals surface area (Å²) < 4.78 is 13.2. The zero-order valence-corrected chi connectivity index (χ0v) is 9.38. The fraction of sp³-hybridized carbons (Fsp3) is 0.364. The quantitative estimate of drug-likeness (QED) is 0.656. The van der Waals surface area contributed by atoms with E-state index in [1.54, 1.807) is 0 Å². The molecule has 0 aromatic heterocycles. The van der Waals surface area contributed by atoms with Crippen LogP contribution < -0.4 is 4.90 Å². The summed E-state index contributed by atoms with van der Waals surface area (Å²) in [6.45, 7) is 0.376. The molecule has 1 aliphatic rings. The van der Waals surface area contributed by atoms with Gasteiger partial charge in [-0.2, -0.15) is 0 Å². The number of nitrogens with zero attached hydrogens (tertiary/aromatic N) is 2. The Kier molecular flexibility index (Phi) is 3.14. The van der Waals surface area contributed by atoms with Crippen LogP contribution in [0.5, 0.6) is 0 Å². The van der Waals surface area contributed by atoms with Gasteiger partial charge >= 0.3 is 5.97 Å². The summed E-state index contributed by atoms with van der Waals surface area (Å²) in [4.78, 5) is 22.7. The molecule has 1 heterocycles. The number of carbonyl (C=O) groups is 1. The first-order valence-corrected chi connectivity index (χ1v) is 5.44. The number of aliphatic carboxylic acids is 1. The molecule has 1 saturated heterocycles. The van der Waals surface area contributed by atoms with Gasteiger partial charge in [-0.05, 0) is 18.9 Å². The maximum atomic E-state index is 13.2. The van der Waals surface area contributed by atoms with Crippen molar-refractivity contribution < 1.29 is 19.2 Å². The van der Waals surface area contributed by atoms with E-state index in [1.165, 1.54) is 4.90 Å². The predicted octanol–water partition coefficient (Wildman–Crippen LogP) is 1.79. The lowest BCUT2D eigenvalue weighted by atomic mass is 10.2. The van der Waals surface area contributed by atoms with Gasteiger partial charge in [0.05, 0.1) is 4.92 Å². The fourth-order valence-corrected chi connectivity index (χ4v) is 2.19. The highest BCUT2D eigenvalue weighted by Gasteiger charge is 2.34. The van der Waals surface area contributed by atoms with Gasteiger partial charge in [0.25, 0.3) is 5.69 Å². The number of hydrogen-bond acceptors (Lipinski definition) is 4. The SMILES string of the molecule is O=C(O)C1CCCN1c1cc(F)ccc1[N+](=O)[O-]. The highest BCUT2D eigenvalue weighted by atomic mass is 19.1. The third kappa shape index (κ3) is 2.11. The Morgan fingerprint density at radius 3 is 2.89 bits per heavy atom. The van der Waals surface area contributed by atoms with Gasteiger partial charge in [-0.25, -0.2) is 9.18 Å². The zero-order chi connectivity index (χ0) is 13.3. The van der Waals surface area contributed by atoms with E-state index >= 15 is 0 Å². The average Bonchev–Trinajstić information content (AvgIpc) is 2.77. The first-order valence-electron chi connectivity index (χ1n) is 5.44. The Morgan fingerprint density at radius 1 is 1.56 bits per heavy atom. The van der Waals surface area contributed by atoms with Gasteiger partial charge in [-0.3, -0.25) is 10.1 Å². The van der Waals surface area contributed by atoms with Gasteiger partial charge in [0, 0.05) is 18.7 Å². The molecule has 1 aromatic rings. The largest absolute Gasteiger partial charge is 0.480 e. The van der Waals surface area contributed by atoms with Crippen molar-refractivity contribution >= 4 is 17.3 Å². The molecule has 2 rings (SSSR count). The first kappa shape index (κ1) is 12.3. The van der Waals surface area contributed by atoms with Gasteiger partial charge in [0.15, 0.2) is 0 Å². The van der Waals surface area contributed by atoms with Crippen molar-refractivity contribution in [2.75, 3.05) is 11.4 Å². The van der Waals surface area contributed by atoms with Crippen molar-refractivity contribution in [3.8, 4) is 0 Å². The standard InChI is InChI=1S/C11H11FN2O4/c12-7-3-4-8(14(17)18)10(6-7)13-5-1-2-9(13)11(15)16/h3-4,6,9H,1-2,5H2,(H,15,16). The van der Waals surface area contributed by atoms with Gasteiger partial charge in [-0.1, -0.05) is 0 Å². The number of anilines is 1. The molecule has 1 aromatic carbocycles. The molecule has 0 saturated carbocycles. The molecule has 0 amide bonds. The van der Waals surface area contributed by atoms with Gasteiger partial charge in [0.1, 0.15) is 17.5 Å². The van der Waals surface area contributed by atoms with Crippen LogP contribution in [0.2, 0.25) is 0 Å². The second kappa shape index (κ2) is 4.59. The van der Waals surface area contributed by atoms with E-state index in [0.29, 0.717) is 19.4 Å². The molecule has 0 bridgehead atoms. The molecule has 18 heavy (non-hydrogen) atoms. The highest BCUT2D eigenvalue weighted by Crippen LogP contribution is 2.34. The molecule has 1 fully saturated rings. The van der Waals surface area contributed by atoms with Crippen molar-refractivity contribution in [2.24, 2.45) is 0 Å². The van der Waals surface area contributed by atoms with E-state index in [0.717, 1.165) is 18.2 Å². The van der Waals surface area contributed by atoms with Crippen LogP contribution >= 0.6 is 0 Å². The summed E-state index contributed by atoms with van der Waals surface area (Å²) in [5.41, 5.74) is -0.241. The van der Waals surface area contributed by atoms with Crippen molar-refractivity contribution in [3.63, 3.8) is 0 Å². The van der Waals surface area contributed by atoms with E-state index in [1.807, 2.05) is 0 Å². The average molecular weight is 254 g/mol. The monoisotopic (exact) mass is 254 g/mol. The third-order valence-corrected chi connectivity index (χ3v) is 2.98. The van der Waals surface area contributed by atoms with Crippen LogP contribution in [-0.2, 0) is 4.79 Å². The Bertz CT molecular complexity index is 506. The van der Waals surface area contributed by atoms with Crippen LogP contribution in [0, 0.1) is 15.9 Å². The number of nitro benzene ring substituents is 1. The molecule has 1 unspecified atom stereocenters. The van der Waals surface area contributed by atoms with Crippen molar-refractivity contribution in [1.29, 1.82) is 0 Å². The molecular formula is C11H11FN2O4. The summed E-state index contributed by atoms with van der Waals surface area (Å²) in [5.74, 6) is -1.67. The van der Waals surface area contributed by atoms with Gasteiger partial charge in [-0.15, -0.1) is 0 Å². The smallest absolute Gasteiger partial charge is 0.326 e. The molecule has 1 atom stereocenters. The third-order valence-electron chi connectivity index (χ3n) is 2.98. The number of rotatable bonds is 3. The molecule has 0 radical (unpaired) electrons. The predicted molar refractivity (Wildman–Crippen MR) is 61.1 cm³/mol. The highest BCUT2D eigenvalue weighted by molar-refractivity contribution is 5.81. The van der Waals surface area contributed by atoms with Crippen LogP contribution in [0.1, 0.15) is 12.8 Å². The van der Waals surface area contributed by atoms with Crippen LogP contribution in [-0.4, -0.2) is 28.6 Å². The minimum absolute atomic E-state index is 0.0323.